The van der Waals surface area contributed by atoms with E-state index in [2.05, 4.69) is 93.4 Å². The van der Waals surface area contributed by atoms with E-state index in [1.54, 1.807) is 6.20 Å². The Morgan fingerprint density at radius 2 is 1.80 bits per heavy atom. The van der Waals surface area contributed by atoms with Crippen molar-refractivity contribution in [2.24, 2.45) is 0 Å². The Balaban J connectivity index is 1.37. The first-order chi connectivity index (χ1) is 20.2. The Labute approximate surface area is 239 Å². The number of hydrogen-bond donors (Lipinski definition) is 1. The van der Waals surface area contributed by atoms with Gasteiger partial charge in [0.2, 0.25) is 5.82 Å². The Hall–Kier alpha value is -4.79. The number of aromatic nitrogens is 8. The van der Waals surface area contributed by atoms with Crippen molar-refractivity contribution in [2.75, 3.05) is 0 Å². The minimum atomic E-state index is -0.149. The molecule has 0 saturated carbocycles. The van der Waals surface area contributed by atoms with Gasteiger partial charge in [0.1, 0.15) is 17.1 Å². The molecule has 9 heteroatoms. The molecule has 3 aromatic heterocycles. The van der Waals surface area contributed by atoms with Gasteiger partial charge >= 0.3 is 0 Å². The molecular formula is C32H34N8O. The number of nitrogens with zero attached hydrogens (tertiary/aromatic N) is 7. The lowest BCUT2D eigenvalue weighted by Crippen LogP contribution is -2.14. The van der Waals surface area contributed by atoms with Crippen LogP contribution < -0.4 is 4.74 Å². The maximum atomic E-state index is 6.64. The molecule has 0 spiro atoms. The lowest BCUT2D eigenvalue weighted by atomic mass is 9.98. The van der Waals surface area contributed by atoms with Crippen molar-refractivity contribution < 1.29 is 4.74 Å². The fourth-order valence-electron chi connectivity index (χ4n) is 5.29. The van der Waals surface area contributed by atoms with Crippen molar-refractivity contribution in [2.45, 2.75) is 59.2 Å². The second-order valence-corrected chi connectivity index (χ2v) is 10.3. The second kappa shape index (κ2) is 11.8. The maximum absolute atomic E-state index is 6.64. The summed E-state index contributed by atoms with van der Waals surface area (Å²) in [5, 5.41) is 14.7. The van der Waals surface area contributed by atoms with Crippen LogP contribution in [0.15, 0.2) is 79.4 Å². The Kier molecular flexibility index (Phi) is 7.58. The number of hydrogen-bond acceptors (Lipinski definition) is 6. The van der Waals surface area contributed by atoms with E-state index in [1.807, 2.05) is 35.3 Å². The molecule has 1 unspecified atom stereocenters. The first-order valence-electron chi connectivity index (χ1n) is 14.2. The topological polar surface area (TPSA) is 99.3 Å². The zero-order valence-corrected chi connectivity index (χ0v) is 23.7. The van der Waals surface area contributed by atoms with Gasteiger partial charge in [-0.05, 0) is 46.9 Å². The van der Waals surface area contributed by atoms with Gasteiger partial charge in [-0.1, -0.05) is 74.9 Å². The molecule has 0 saturated heterocycles. The lowest BCUT2D eigenvalue weighted by Gasteiger charge is -2.20. The summed E-state index contributed by atoms with van der Waals surface area (Å²) in [5.74, 6) is 2.51. The van der Waals surface area contributed by atoms with E-state index in [0.29, 0.717) is 12.4 Å². The third kappa shape index (κ3) is 5.35. The third-order valence-corrected chi connectivity index (χ3v) is 7.48. The van der Waals surface area contributed by atoms with Crippen molar-refractivity contribution in [3.05, 3.63) is 96.3 Å². The molecule has 0 radical (unpaired) electrons. The Bertz CT molecular complexity index is 1720. The van der Waals surface area contributed by atoms with E-state index in [-0.39, 0.29) is 6.23 Å². The van der Waals surface area contributed by atoms with Crippen molar-refractivity contribution >= 4 is 11.0 Å². The highest BCUT2D eigenvalue weighted by Crippen LogP contribution is 2.34. The number of unbranched alkanes of at least 4 members (excludes halogenated alkanes) is 1. The number of imidazole rings is 2. The molecule has 0 aliphatic rings. The summed E-state index contributed by atoms with van der Waals surface area (Å²) in [6, 6.07) is 21.0. The molecule has 3 aromatic carbocycles. The van der Waals surface area contributed by atoms with Gasteiger partial charge in [-0.15, -0.1) is 10.2 Å². The summed E-state index contributed by atoms with van der Waals surface area (Å²) < 4.78 is 11.0. The number of nitrogens with one attached hydrogen (secondary N) is 1. The number of rotatable bonds is 11. The average molecular weight is 547 g/mol. The largest absolute Gasteiger partial charge is 0.468 e. The lowest BCUT2D eigenvalue weighted by molar-refractivity contribution is 0.129. The summed E-state index contributed by atoms with van der Waals surface area (Å²) in [5.41, 5.74) is 7.48. The van der Waals surface area contributed by atoms with Crippen LogP contribution >= 0.6 is 0 Å². The molecular weight excluding hydrogens is 512 g/mol. The second-order valence-electron chi connectivity index (χ2n) is 10.3. The maximum Gasteiger partial charge on any atom is 0.205 e. The smallest absolute Gasteiger partial charge is 0.205 e. The molecule has 0 bridgehead atoms. The summed E-state index contributed by atoms with van der Waals surface area (Å²) >= 11 is 0. The van der Waals surface area contributed by atoms with Crippen LogP contribution in [0.3, 0.4) is 0 Å². The van der Waals surface area contributed by atoms with Gasteiger partial charge in [0.15, 0.2) is 6.23 Å². The summed E-state index contributed by atoms with van der Waals surface area (Å²) in [4.78, 5) is 9.37. The Morgan fingerprint density at radius 1 is 0.976 bits per heavy atom. The predicted octanol–water partition coefficient (Wildman–Crippen LogP) is 6.77. The van der Waals surface area contributed by atoms with Crippen LogP contribution in [0.5, 0.6) is 5.75 Å². The normalized spacial score (nSPS) is 12.2. The molecule has 9 nitrogen and oxygen atoms in total. The monoisotopic (exact) mass is 546 g/mol. The zero-order valence-electron chi connectivity index (χ0n) is 23.7. The van der Waals surface area contributed by atoms with Gasteiger partial charge in [-0.3, -0.25) is 0 Å². The van der Waals surface area contributed by atoms with Crippen LogP contribution in [0.2, 0.25) is 0 Å². The van der Waals surface area contributed by atoms with Gasteiger partial charge in [0.25, 0.3) is 0 Å². The van der Waals surface area contributed by atoms with Crippen molar-refractivity contribution in [1.29, 1.82) is 0 Å². The van der Waals surface area contributed by atoms with Crippen LogP contribution in [0.4, 0.5) is 0 Å². The summed E-state index contributed by atoms with van der Waals surface area (Å²) in [7, 11) is 0. The highest BCUT2D eigenvalue weighted by molar-refractivity contribution is 5.86. The SMILES string of the molecule is CCCCc1nc2c(C)ccc(OC(CC)n3ccnc3)c2n1Cc1ccc(-c2ccccc2-c2nn[nH]n2)cc1. The van der Waals surface area contributed by atoms with Crippen LogP contribution in [-0.2, 0) is 13.0 Å². The van der Waals surface area contributed by atoms with E-state index < -0.39 is 0 Å². The molecule has 6 aromatic rings. The van der Waals surface area contributed by atoms with Crippen molar-refractivity contribution in [3.63, 3.8) is 0 Å². The Morgan fingerprint density at radius 3 is 2.51 bits per heavy atom. The predicted molar refractivity (Wildman–Crippen MR) is 159 cm³/mol. The molecule has 3 heterocycles. The van der Waals surface area contributed by atoms with Gasteiger partial charge in [-0.25, -0.2) is 9.97 Å². The first kappa shape index (κ1) is 26.4. The molecule has 0 aliphatic heterocycles. The minimum absolute atomic E-state index is 0.149. The van der Waals surface area contributed by atoms with E-state index in [4.69, 9.17) is 9.72 Å². The summed E-state index contributed by atoms with van der Waals surface area (Å²) in [6.45, 7) is 7.16. The summed E-state index contributed by atoms with van der Waals surface area (Å²) in [6.07, 6.45) is 9.31. The first-order valence-corrected chi connectivity index (χ1v) is 14.2. The van der Waals surface area contributed by atoms with E-state index in [1.165, 1.54) is 5.56 Å². The van der Waals surface area contributed by atoms with Crippen molar-refractivity contribution in [1.82, 2.24) is 39.7 Å². The minimum Gasteiger partial charge on any atom is -0.468 e. The molecule has 1 atom stereocenters. The fraction of sp³-hybridized carbons (Fsp3) is 0.281. The number of aromatic amines is 1. The molecule has 1 N–H and O–H groups in total. The molecule has 0 fully saturated rings. The van der Waals surface area contributed by atoms with E-state index in [0.717, 1.165) is 70.5 Å². The molecule has 6 rings (SSSR count). The number of H-pyrrole nitrogens is 1. The van der Waals surface area contributed by atoms with Gasteiger partial charge in [-0.2, -0.15) is 5.21 Å². The average Bonchev–Trinajstić information content (AvgIpc) is 3.79. The molecule has 41 heavy (non-hydrogen) atoms. The van der Waals surface area contributed by atoms with E-state index >= 15 is 0 Å². The molecule has 0 amide bonds. The van der Waals surface area contributed by atoms with Crippen LogP contribution in [-0.4, -0.2) is 39.7 Å². The highest BCUT2D eigenvalue weighted by Gasteiger charge is 2.20. The van der Waals surface area contributed by atoms with Gasteiger partial charge in [0.05, 0.1) is 11.8 Å². The fourth-order valence-corrected chi connectivity index (χ4v) is 5.29. The van der Waals surface area contributed by atoms with Crippen LogP contribution in [0, 0.1) is 6.92 Å². The standard InChI is InChI=1S/C32H34N8O/c1-4-6-11-28-34-30-22(3)12-17-27(41-29(5-2)39-19-18-33-21-39)31(30)40(28)20-23-13-15-24(16-14-23)25-9-7-8-10-26(25)32-35-37-38-36-32/h7-10,12-19,21,29H,4-6,11,20H2,1-3H3,(H,35,36,37,38). The quantitative estimate of drug-likeness (QED) is 0.193. The number of benzene rings is 3. The number of aryl methyl sites for hydroxylation is 2. The van der Waals surface area contributed by atoms with Crippen molar-refractivity contribution in [3.8, 4) is 28.3 Å². The number of fused-ring (bicyclic) bond motifs is 1. The number of tetrazole rings is 1. The van der Waals surface area contributed by atoms with Gasteiger partial charge in [0, 0.05) is 37.3 Å². The molecule has 208 valence electrons. The zero-order chi connectivity index (χ0) is 28.2. The third-order valence-electron chi connectivity index (χ3n) is 7.48. The number of ether oxygens (including phenoxy) is 1. The van der Waals surface area contributed by atoms with E-state index in [9.17, 15) is 0 Å². The highest BCUT2D eigenvalue weighted by atomic mass is 16.5. The van der Waals surface area contributed by atoms with Crippen LogP contribution in [0.25, 0.3) is 33.5 Å². The van der Waals surface area contributed by atoms with Gasteiger partial charge < -0.3 is 13.9 Å². The van der Waals surface area contributed by atoms with Crippen LogP contribution in [0.1, 0.15) is 56.3 Å². The molecule has 0 aliphatic carbocycles.